The predicted octanol–water partition coefficient (Wildman–Crippen LogP) is 6.56. The van der Waals surface area contributed by atoms with Crippen molar-refractivity contribution in [3.8, 4) is 5.69 Å². The van der Waals surface area contributed by atoms with E-state index in [2.05, 4.69) is 15.7 Å². The first-order chi connectivity index (χ1) is 16.4. The zero-order valence-corrected chi connectivity index (χ0v) is 19.4. The number of nitrogens with zero attached hydrogens (tertiary/aromatic N) is 2. The first-order valence-corrected chi connectivity index (χ1v) is 10.9. The summed E-state index contributed by atoms with van der Waals surface area (Å²) in [5, 5.41) is 21.6. The molecule has 182 valence electrons. The van der Waals surface area contributed by atoms with Crippen LogP contribution in [0.25, 0.3) is 16.5 Å². The minimum atomic E-state index is -4.81. The van der Waals surface area contributed by atoms with Crippen molar-refractivity contribution in [3.05, 3.63) is 84.1 Å². The van der Waals surface area contributed by atoms with Gasteiger partial charge in [0.15, 0.2) is 6.10 Å². The Kier molecular flexibility index (Phi) is 6.29. The Labute approximate surface area is 200 Å². The Hall–Kier alpha value is -3.85. The first kappa shape index (κ1) is 24.3. The quantitative estimate of drug-likeness (QED) is 0.308. The van der Waals surface area contributed by atoms with E-state index in [0.717, 1.165) is 10.8 Å². The number of nitrogens with one attached hydrogen (secondary N) is 2. The van der Waals surface area contributed by atoms with E-state index in [1.807, 2.05) is 57.2 Å². The largest absolute Gasteiger partial charge is 0.418 e. The molecule has 0 spiro atoms. The highest BCUT2D eigenvalue weighted by Gasteiger charge is 2.39. The summed E-state index contributed by atoms with van der Waals surface area (Å²) in [5.41, 5.74) is 0.783. The van der Waals surface area contributed by atoms with Crippen LogP contribution < -0.4 is 10.6 Å². The van der Waals surface area contributed by atoms with Crippen molar-refractivity contribution in [2.24, 2.45) is 0 Å². The molecule has 2 amide bonds. The van der Waals surface area contributed by atoms with Crippen molar-refractivity contribution < 1.29 is 23.1 Å². The van der Waals surface area contributed by atoms with Crippen LogP contribution in [0.4, 0.5) is 29.5 Å². The van der Waals surface area contributed by atoms with Gasteiger partial charge in [0.2, 0.25) is 0 Å². The topological polar surface area (TPSA) is 79.2 Å². The Morgan fingerprint density at radius 2 is 1.63 bits per heavy atom. The fraction of sp³-hybridized carbons (Fsp3) is 0.231. The average molecular weight is 483 g/mol. The number of halogens is 3. The van der Waals surface area contributed by atoms with Crippen LogP contribution in [0.3, 0.4) is 0 Å². The number of benzene rings is 3. The summed E-state index contributed by atoms with van der Waals surface area (Å²) in [6, 6.07) is 19.6. The maximum atomic E-state index is 13.1. The maximum Gasteiger partial charge on any atom is 0.418 e. The van der Waals surface area contributed by atoms with Crippen LogP contribution >= 0.6 is 0 Å². The molecule has 0 radical (unpaired) electrons. The minimum absolute atomic E-state index is 0.266. The number of aliphatic hydroxyl groups is 1. The first-order valence-electron chi connectivity index (χ1n) is 10.9. The fourth-order valence-corrected chi connectivity index (χ4v) is 3.65. The number of hydrogen-bond donors (Lipinski definition) is 3. The van der Waals surface area contributed by atoms with Gasteiger partial charge in [-0.3, -0.25) is 5.32 Å². The number of urea groups is 1. The number of rotatable bonds is 4. The lowest BCUT2D eigenvalue weighted by Crippen LogP contribution is -2.22. The second kappa shape index (κ2) is 9.07. The van der Waals surface area contributed by atoms with E-state index >= 15 is 0 Å². The summed E-state index contributed by atoms with van der Waals surface area (Å²) >= 11 is 0. The molecule has 6 nitrogen and oxygen atoms in total. The summed E-state index contributed by atoms with van der Waals surface area (Å²) in [6.07, 6.45) is -7.44. The molecule has 1 atom stereocenters. The molecule has 0 saturated carbocycles. The van der Waals surface area contributed by atoms with Gasteiger partial charge in [-0.2, -0.15) is 18.3 Å². The Balaban J connectivity index is 1.68. The van der Waals surface area contributed by atoms with E-state index in [1.165, 1.54) is 22.9 Å². The standard InChI is InChI=1S/C26H25F3N4O2/c1-25(2,3)21-15-22(31-24(35)30-20-13-7-9-16-8-4-5-12-19(16)20)33(32-21)18-11-6-10-17(14-18)23(34)26(27,28)29/h4-15,23,34H,1-3H3,(H2,30,31,35). The molecule has 9 heteroatoms. The van der Waals surface area contributed by atoms with Gasteiger partial charge in [0.25, 0.3) is 0 Å². The molecule has 0 fully saturated rings. The number of carbonyl (C=O) groups excluding carboxylic acids is 1. The van der Waals surface area contributed by atoms with Gasteiger partial charge < -0.3 is 10.4 Å². The van der Waals surface area contributed by atoms with Gasteiger partial charge in [-0.1, -0.05) is 69.3 Å². The van der Waals surface area contributed by atoms with E-state index in [-0.39, 0.29) is 17.1 Å². The molecule has 0 aliphatic rings. The molecule has 4 rings (SSSR count). The highest BCUT2D eigenvalue weighted by atomic mass is 19.4. The number of fused-ring (bicyclic) bond motifs is 1. The number of hydrogen-bond acceptors (Lipinski definition) is 3. The zero-order chi connectivity index (χ0) is 25.4. The summed E-state index contributed by atoms with van der Waals surface area (Å²) in [4.78, 5) is 12.9. The Morgan fingerprint density at radius 3 is 2.34 bits per heavy atom. The minimum Gasteiger partial charge on any atom is -0.379 e. The molecule has 3 aromatic carbocycles. The smallest absolute Gasteiger partial charge is 0.379 e. The molecule has 0 aliphatic carbocycles. The molecular formula is C26H25F3N4O2. The van der Waals surface area contributed by atoms with Crippen molar-refractivity contribution in [1.82, 2.24) is 9.78 Å². The SMILES string of the molecule is CC(C)(C)c1cc(NC(=O)Nc2cccc3ccccc23)n(-c2cccc(C(O)C(F)(F)F)c2)n1. The zero-order valence-electron chi connectivity index (χ0n) is 19.4. The summed E-state index contributed by atoms with van der Waals surface area (Å²) in [6.45, 7) is 5.80. The second-order valence-electron chi connectivity index (χ2n) is 9.22. The molecule has 1 aromatic heterocycles. The van der Waals surface area contributed by atoms with Crippen LogP contribution in [0.5, 0.6) is 0 Å². The van der Waals surface area contributed by atoms with Crippen molar-refractivity contribution in [1.29, 1.82) is 0 Å². The number of anilines is 2. The third-order valence-electron chi connectivity index (χ3n) is 5.50. The van der Waals surface area contributed by atoms with Gasteiger partial charge in [-0.25, -0.2) is 9.48 Å². The van der Waals surface area contributed by atoms with Gasteiger partial charge in [0.1, 0.15) is 5.82 Å². The lowest BCUT2D eigenvalue weighted by Gasteiger charge is -2.16. The number of carbonyl (C=O) groups is 1. The summed E-state index contributed by atoms with van der Waals surface area (Å²) < 4.78 is 40.5. The van der Waals surface area contributed by atoms with Crippen molar-refractivity contribution in [3.63, 3.8) is 0 Å². The van der Waals surface area contributed by atoms with Crippen molar-refractivity contribution in [2.75, 3.05) is 10.6 Å². The highest BCUT2D eigenvalue weighted by Crippen LogP contribution is 2.34. The van der Waals surface area contributed by atoms with Gasteiger partial charge >= 0.3 is 12.2 Å². The number of aromatic nitrogens is 2. The third kappa shape index (κ3) is 5.30. The van der Waals surface area contributed by atoms with Gasteiger partial charge in [0.05, 0.1) is 17.1 Å². The highest BCUT2D eigenvalue weighted by molar-refractivity contribution is 6.06. The van der Waals surface area contributed by atoms with Crippen LogP contribution in [0, 0.1) is 0 Å². The van der Waals surface area contributed by atoms with E-state index in [1.54, 1.807) is 18.2 Å². The monoisotopic (exact) mass is 482 g/mol. The maximum absolute atomic E-state index is 13.1. The average Bonchev–Trinajstić information content (AvgIpc) is 3.22. The molecular weight excluding hydrogens is 457 g/mol. The lowest BCUT2D eigenvalue weighted by molar-refractivity contribution is -0.206. The van der Waals surface area contributed by atoms with E-state index < -0.39 is 23.7 Å². The third-order valence-corrected chi connectivity index (χ3v) is 5.50. The molecule has 1 unspecified atom stereocenters. The van der Waals surface area contributed by atoms with Crippen molar-refractivity contribution in [2.45, 2.75) is 38.5 Å². The number of alkyl halides is 3. The van der Waals surface area contributed by atoms with Crippen molar-refractivity contribution >= 4 is 28.3 Å². The van der Waals surface area contributed by atoms with Gasteiger partial charge in [0, 0.05) is 16.9 Å². The van der Waals surface area contributed by atoms with Crippen LogP contribution in [0.1, 0.15) is 38.1 Å². The molecule has 3 N–H and O–H groups in total. The molecule has 1 heterocycles. The van der Waals surface area contributed by atoms with Gasteiger partial charge in [-0.05, 0) is 29.1 Å². The van der Waals surface area contributed by atoms with Gasteiger partial charge in [-0.15, -0.1) is 0 Å². The van der Waals surface area contributed by atoms with E-state index in [4.69, 9.17) is 0 Å². The number of aliphatic hydroxyl groups excluding tert-OH is 1. The normalized spacial score (nSPS) is 13.0. The molecule has 0 aliphatic heterocycles. The summed E-state index contributed by atoms with van der Waals surface area (Å²) in [5.74, 6) is 0.270. The lowest BCUT2D eigenvalue weighted by atomic mass is 9.92. The fourth-order valence-electron chi connectivity index (χ4n) is 3.65. The Bertz CT molecular complexity index is 1370. The van der Waals surface area contributed by atoms with E-state index in [9.17, 15) is 23.1 Å². The number of amides is 2. The van der Waals surface area contributed by atoms with E-state index in [0.29, 0.717) is 11.4 Å². The summed E-state index contributed by atoms with van der Waals surface area (Å²) in [7, 11) is 0. The molecule has 35 heavy (non-hydrogen) atoms. The van der Waals surface area contributed by atoms with Crippen LogP contribution in [0.2, 0.25) is 0 Å². The predicted molar refractivity (Wildman–Crippen MR) is 130 cm³/mol. The van der Waals surface area contributed by atoms with Crippen LogP contribution in [-0.2, 0) is 5.41 Å². The molecule has 0 saturated heterocycles. The van der Waals surface area contributed by atoms with Crippen LogP contribution in [0.15, 0.2) is 72.8 Å². The molecule has 4 aromatic rings. The van der Waals surface area contributed by atoms with Crippen LogP contribution in [-0.4, -0.2) is 27.1 Å². The Morgan fingerprint density at radius 1 is 0.943 bits per heavy atom. The molecule has 0 bridgehead atoms. The second-order valence-corrected chi connectivity index (χ2v) is 9.22.